The minimum absolute atomic E-state index is 0.0894. The van der Waals surface area contributed by atoms with Crippen molar-refractivity contribution in [3.8, 4) is 0 Å². The number of hydrogen-bond donors (Lipinski definition) is 1. The molecule has 1 aliphatic heterocycles. The van der Waals surface area contributed by atoms with Crippen molar-refractivity contribution in [2.45, 2.75) is 6.42 Å². The Kier molecular flexibility index (Phi) is 5.59. The maximum absolute atomic E-state index is 12.0. The largest absolute Gasteiger partial charge is 0.378 e. The van der Waals surface area contributed by atoms with E-state index >= 15 is 0 Å². The Morgan fingerprint density at radius 1 is 1.14 bits per heavy atom. The van der Waals surface area contributed by atoms with E-state index in [1.165, 1.54) is 0 Å². The first-order chi connectivity index (χ1) is 10.0. The van der Waals surface area contributed by atoms with Crippen molar-refractivity contribution in [1.82, 2.24) is 9.80 Å². The average molecular weight is 290 g/mol. The van der Waals surface area contributed by atoms with E-state index in [2.05, 4.69) is 22.2 Å². The van der Waals surface area contributed by atoms with Gasteiger partial charge in [0.1, 0.15) is 0 Å². The van der Waals surface area contributed by atoms with Crippen LogP contribution in [0, 0.1) is 0 Å². The molecule has 5 heteroatoms. The van der Waals surface area contributed by atoms with Crippen LogP contribution in [0.15, 0.2) is 24.3 Å². The first-order valence-electron chi connectivity index (χ1n) is 7.53. The topological polar surface area (TPSA) is 38.8 Å². The van der Waals surface area contributed by atoms with Crippen molar-refractivity contribution < 1.29 is 4.79 Å². The summed E-state index contributed by atoms with van der Waals surface area (Å²) in [6.45, 7) is 5.14. The predicted octanol–water partition coefficient (Wildman–Crippen LogP) is 1.33. The molecule has 5 nitrogen and oxygen atoms in total. The second-order valence-corrected chi connectivity index (χ2v) is 5.88. The Morgan fingerprint density at radius 2 is 1.76 bits per heavy atom. The van der Waals surface area contributed by atoms with Crippen LogP contribution >= 0.6 is 0 Å². The quantitative estimate of drug-likeness (QED) is 0.888. The smallest absolute Gasteiger partial charge is 0.225 e. The zero-order chi connectivity index (χ0) is 15.2. The number of carbonyl (C=O) groups is 1. The van der Waals surface area contributed by atoms with Gasteiger partial charge in [-0.05, 0) is 31.3 Å². The lowest BCUT2D eigenvalue weighted by atomic mass is 10.2. The van der Waals surface area contributed by atoms with Gasteiger partial charge in [-0.1, -0.05) is 0 Å². The number of benzene rings is 1. The van der Waals surface area contributed by atoms with Gasteiger partial charge in [0.25, 0.3) is 0 Å². The minimum Gasteiger partial charge on any atom is -0.378 e. The van der Waals surface area contributed by atoms with Crippen molar-refractivity contribution in [2.75, 3.05) is 64.1 Å². The monoisotopic (exact) mass is 290 g/mol. The Hall–Kier alpha value is -1.59. The molecule has 1 amide bonds. The van der Waals surface area contributed by atoms with Crippen molar-refractivity contribution in [3.63, 3.8) is 0 Å². The molecular weight excluding hydrogens is 264 g/mol. The molecule has 0 spiro atoms. The lowest BCUT2D eigenvalue weighted by Crippen LogP contribution is -2.45. The van der Waals surface area contributed by atoms with E-state index in [4.69, 9.17) is 0 Å². The molecule has 21 heavy (non-hydrogen) atoms. The number of piperazine rings is 1. The third-order valence-electron chi connectivity index (χ3n) is 3.92. The fourth-order valence-electron chi connectivity index (χ4n) is 2.40. The molecule has 0 radical (unpaired) electrons. The predicted molar refractivity (Wildman–Crippen MR) is 88.0 cm³/mol. The molecule has 0 saturated carbocycles. The summed E-state index contributed by atoms with van der Waals surface area (Å²) in [5, 5.41) is 2.96. The van der Waals surface area contributed by atoms with Crippen molar-refractivity contribution >= 4 is 17.3 Å². The molecule has 1 aliphatic rings. The van der Waals surface area contributed by atoms with Crippen molar-refractivity contribution in [2.24, 2.45) is 0 Å². The fourth-order valence-corrected chi connectivity index (χ4v) is 2.40. The fraction of sp³-hybridized carbons (Fsp3) is 0.562. The molecule has 1 aromatic carbocycles. The lowest BCUT2D eigenvalue weighted by Gasteiger charge is -2.32. The van der Waals surface area contributed by atoms with E-state index < -0.39 is 0 Å². The van der Waals surface area contributed by atoms with Gasteiger partial charge >= 0.3 is 0 Å². The first-order valence-corrected chi connectivity index (χ1v) is 7.53. The zero-order valence-corrected chi connectivity index (χ0v) is 13.3. The second-order valence-electron chi connectivity index (χ2n) is 5.88. The van der Waals surface area contributed by atoms with Crippen LogP contribution in [0.4, 0.5) is 11.4 Å². The molecule has 1 heterocycles. The normalized spacial score (nSPS) is 16.7. The van der Waals surface area contributed by atoms with Gasteiger partial charge in [0.15, 0.2) is 0 Å². The number of anilines is 2. The summed E-state index contributed by atoms with van der Waals surface area (Å²) in [6, 6.07) is 7.92. The zero-order valence-electron chi connectivity index (χ0n) is 13.3. The summed E-state index contributed by atoms with van der Waals surface area (Å²) in [4.78, 5) is 18.7. The highest BCUT2D eigenvalue weighted by Crippen LogP contribution is 2.15. The van der Waals surface area contributed by atoms with E-state index in [9.17, 15) is 4.79 Å². The van der Waals surface area contributed by atoms with Crippen LogP contribution in [-0.4, -0.2) is 69.6 Å². The third kappa shape index (κ3) is 5.02. The summed E-state index contributed by atoms with van der Waals surface area (Å²) in [6.07, 6.45) is 0.555. The summed E-state index contributed by atoms with van der Waals surface area (Å²) < 4.78 is 0. The molecule has 1 N–H and O–H groups in total. The van der Waals surface area contributed by atoms with Gasteiger partial charge in [-0.15, -0.1) is 0 Å². The number of carbonyl (C=O) groups excluding carboxylic acids is 1. The Bertz CT molecular complexity index is 450. The molecule has 0 aliphatic carbocycles. The minimum atomic E-state index is 0.0894. The molecule has 0 bridgehead atoms. The van der Waals surface area contributed by atoms with Gasteiger partial charge in [-0.25, -0.2) is 0 Å². The molecule has 116 valence electrons. The number of rotatable bonds is 5. The summed E-state index contributed by atoms with van der Waals surface area (Å²) in [7, 11) is 6.15. The SMILES string of the molecule is CN1CCN(CCC(=O)Nc2ccc(N(C)C)cc2)CC1. The highest BCUT2D eigenvalue weighted by molar-refractivity contribution is 5.91. The first kappa shape index (κ1) is 15.8. The van der Waals surface area contributed by atoms with E-state index in [1.807, 2.05) is 43.3 Å². The van der Waals surface area contributed by atoms with Crippen LogP contribution in [0.25, 0.3) is 0 Å². The van der Waals surface area contributed by atoms with Gasteiger partial charge in [0.2, 0.25) is 5.91 Å². The van der Waals surface area contributed by atoms with Gasteiger partial charge in [-0.2, -0.15) is 0 Å². The maximum atomic E-state index is 12.0. The third-order valence-corrected chi connectivity index (χ3v) is 3.92. The average Bonchev–Trinajstić information content (AvgIpc) is 2.47. The molecule has 0 unspecified atom stereocenters. The maximum Gasteiger partial charge on any atom is 0.225 e. The van der Waals surface area contributed by atoms with Crippen molar-refractivity contribution in [1.29, 1.82) is 0 Å². The molecule has 2 rings (SSSR count). The molecule has 1 aromatic rings. The van der Waals surface area contributed by atoms with Gasteiger partial charge < -0.3 is 20.0 Å². The lowest BCUT2D eigenvalue weighted by molar-refractivity contribution is -0.116. The summed E-state index contributed by atoms with van der Waals surface area (Å²) in [5.74, 6) is 0.0894. The summed E-state index contributed by atoms with van der Waals surface area (Å²) >= 11 is 0. The van der Waals surface area contributed by atoms with E-state index in [0.29, 0.717) is 6.42 Å². The molecule has 0 aromatic heterocycles. The summed E-state index contributed by atoms with van der Waals surface area (Å²) in [5.41, 5.74) is 1.99. The second kappa shape index (κ2) is 7.43. The van der Waals surface area contributed by atoms with Gasteiger partial charge in [0.05, 0.1) is 0 Å². The number of amides is 1. The Balaban J connectivity index is 1.74. The highest BCUT2D eigenvalue weighted by atomic mass is 16.1. The standard InChI is InChI=1S/C16H26N4O/c1-18(2)15-6-4-14(5-7-15)17-16(21)8-9-20-12-10-19(3)11-13-20/h4-7H,8-13H2,1-3H3,(H,17,21). The van der Waals surface area contributed by atoms with Crippen LogP contribution < -0.4 is 10.2 Å². The van der Waals surface area contributed by atoms with E-state index in [-0.39, 0.29) is 5.91 Å². The molecular formula is C16H26N4O. The van der Waals surface area contributed by atoms with E-state index in [1.54, 1.807) is 0 Å². The van der Waals surface area contributed by atoms with Crippen molar-refractivity contribution in [3.05, 3.63) is 24.3 Å². The number of hydrogen-bond acceptors (Lipinski definition) is 4. The van der Waals surface area contributed by atoms with Gasteiger partial charge in [0, 0.05) is 64.6 Å². The Labute approximate surface area is 127 Å². The van der Waals surface area contributed by atoms with E-state index in [0.717, 1.165) is 44.1 Å². The highest BCUT2D eigenvalue weighted by Gasteiger charge is 2.14. The number of nitrogens with zero attached hydrogens (tertiary/aromatic N) is 3. The number of likely N-dealkylation sites (N-methyl/N-ethyl adjacent to an activating group) is 1. The number of nitrogens with one attached hydrogen (secondary N) is 1. The molecule has 0 atom stereocenters. The Morgan fingerprint density at radius 3 is 2.33 bits per heavy atom. The van der Waals surface area contributed by atoms with Crippen LogP contribution in [0.1, 0.15) is 6.42 Å². The van der Waals surface area contributed by atoms with Crippen LogP contribution in [0.3, 0.4) is 0 Å². The van der Waals surface area contributed by atoms with Crippen LogP contribution in [-0.2, 0) is 4.79 Å². The van der Waals surface area contributed by atoms with Crippen LogP contribution in [0.5, 0.6) is 0 Å². The van der Waals surface area contributed by atoms with Crippen LogP contribution in [0.2, 0.25) is 0 Å². The molecule has 1 saturated heterocycles. The van der Waals surface area contributed by atoms with Gasteiger partial charge in [-0.3, -0.25) is 4.79 Å². The molecule has 1 fully saturated rings.